The van der Waals surface area contributed by atoms with Crippen LogP contribution in [0.2, 0.25) is 0 Å². The van der Waals surface area contributed by atoms with E-state index >= 15 is 0 Å². The third-order valence-electron chi connectivity index (χ3n) is 3.62. The Balaban J connectivity index is 2.26. The van der Waals surface area contributed by atoms with Gasteiger partial charge in [0.15, 0.2) is 0 Å². The van der Waals surface area contributed by atoms with Crippen molar-refractivity contribution in [3.63, 3.8) is 0 Å². The number of rotatable bonds is 3. The Morgan fingerprint density at radius 3 is 2.15 bits per heavy atom. The van der Waals surface area contributed by atoms with E-state index in [-0.39, 0.29) is 4.90 Å². The molecule has 1 saturated carbocycles. The van der Waals surface area contributed by atoms with Crippen molar-refractivity contribution >= 4 is 26.0 Å². The minimum Gasteiger partial charge on any atom is -0.207 e. The zero-order valence-electron chi connectivity index (χ0n) is 11.1. The molecule has 20 heavy (non-hydrogen) atoms. The average Bonchev–Trinajstić information content (AvgIpc) is 2.65. The van der Waals surface area contributed by atoms with Crippen molar-refractivity contribution in [2.45, 2.75) is 49.0 Å². The van der Waals surface area contributed by atoms with E-state index < -0.39 is 15.6 Å². The molecule has 1 fully saturated rings. The Kier molecular flexibility index (Phi) is 4.84. The van der Waals surface area contributed by atoms with E-state index in [0.29, 0.717) is 12.8 Å². The van der Waals surface area contributed by atoms with E-state index in [1.165, 1.54) is 12.1 Å². The molecule has 6 heteroatoms. The summed E-state index contributed by atoms with van der Waals surface area (Å²) in [5.74, 6) is 0. The first kappa shape index (κ1) is 15.5. The number of hydrogen-bond acceptors (Lipinski definition) is 3. The van der Waals surface area contributed by atoms with Crippen molar-refractivity contribution in [2.75, 3.05) is 0 Å². The summed E-state index contributed by atoms with van der Waals surface area (Å²) < 4.78 is 28.3. The van der Waals surface area contributed by atoms with E-state index in [1.54, 1.807) is 12.1 Å². The standard InChI is InChI=1S/C14H17BrN2O2S/c15-12-5-7-13(8-6-12)20(18,19)17-14(11-16)9-3-1-2-4-10-14/h5-8,17H,1-4,9-10H2. The topological polar surface area (TPSA) is 70.0 Å². The number of nitrogens with one attached hydrogen (secondary N) is 1. The lowest BCUT2D eigenvalue weighted by molar-refractivity contribution is 0.422. The lowest BCUT2D eigenvalue weighted by atomic mass is 9.94. The van der Waals surface area contributed by atoms with Gasteiger partial charge in [-0.15, -0.1) is 0 Å². The second kappa shape index (κ2) is 6.25. The van der Waals surface area contributed by atoms with Gasteiger partial charge in [0.2, 0.25) is 10.0 Å². The smallest absolute Gasteiger partial charge is 0.207 e. The molecule has 0 amide bonds. The van der Waals surface area contributed by atoms with E-state index in [9.17, 15) is 13.7 Å². The fraction of sp³-hybridized carbons (Fsp3) is 0.500. The average molecular weight is 357 g/mol. The molecule has 0 atom stereocenters. The van der Waals surface area contributed by atoms with Gasteiger partial charge < -0.3 is 0 Å². The largest absolute Gasteiger partial charge is 0.241 e. The predicted molar refractivity (Wildman–Crippen MR) is 80.5 cm³/mol. The number of benzene rings is 1. The fourth-order valence-corrected chi connectivity index (χ4v) is 4.14. The van der Waals surface area contributed by atoms with Gasteiger partial charge in [0, 0.05) is 4.47 Å². The lowest BCUT2D eigenvalue weighted by Crippen LogP contribution is -2.46. The Morgan fingerprint density at radius 2 is 1.65 bits per heavy atom. The van der Waals surface area contributed by atoms with Crippen molar-refractivity contribution in [1.82, 2.24) is 4.72 Å². The Hall–Kier alpha value is -0.900. The lowest BCUT2D eigenvalue weighted by Gasteiger charge is -2.25. The predicted octanol–water partition coefficient (Wildman–Crippen LogP) is 3.34. The van der Waals surface area contributed by atoms with Crippen LogP contribution < -0.4 is 4.72 Å². The van der Waals surface area contributed by atoms with Crippen molar-refractivity contribution in [3.05, 3.63) is 28.7 Å². The van der Waals surface area contributed by atoms with Crippen molar-refractivity contribution in [3.8, 4) is 6.07 Å². The number of hydrogen-bond donors (Lipinski definition) is 1. The second-order valence-corrected chi connectivity index (χ2v) is 7.77. The summed E-state index contributed by atoms with van der Waals surface area (Å²) >= 11 is 3.28. The van der Waals surface area contributed by atoms with E-state index in [0.717, 1.165) is 30.2 Å². The zero-order valence-corrected chi connectivity index (χ0v) is 13.5. The Labute approximate surface area is 128 Å². The number of nitriles is 1. The molecule has 0 aliphatic heterocycles. The van der Waals surface area contributed by atoms with E-state index in [1.807, 2.05) is 0 Å². The van der Waals surface area contributed by atoms with Crippen LogP contribution in [0.3, 0.4) is 0 Å². The Morgan fingerprint density at radius 1 is 1.10 bits per heavy atom. The number of halogens is 1. The fourth-order valence-electron chi connectivity index (χ4n) is 2.50. The van der Waals surface area contributed by atoms with Gasteiger partial charge in [-0.25, -0.2) is 8.42 Å². The van der Waals surface area contributed by atoms with Gasteiger partial charge in [-0.1, -0.05) is 41.6 Å². The highest BCUT2D eigenvalue weighted by molar-refractivity contribution is 9.10. The van der Waals surface area contributed by atoms with Gasteiger partial charge >= 0.3 is 0 Å². The summed E-state index contributed by atoms with van der Waals surface area (Å²) in [5, 5.41) is 9.44. The van der Waals surface area contributed by atoms with Crippen LogP contribution in [0.4, 0.5) is 0 Å². The van der Waals surface area contributed by atoms with E-state index in [2.05, 4.69) is 26.7 Å². The molecule has 1 aromatic rings. The molecule has 0 saturated heterocycles. The quantitative estimate of drug-likeness (QED) is 0.844. The van der Waals surface area contributed by atoms with Crippen LogP contribution >= 0.6 is 15.9 Å². The van der Waals surface area contributed by atoms with Crippen LogP contribution in [0.5, 0.6) is 0 Å². The second-order valence-electron chi connectivity index (χ2n) is 5.17. The SMILES string of the molecule is N#CC1(NS(=O)(=O)c2ccc(Br)cc2)CCCCCC1. The third-order valence-corrected chi connectivity index (χ3v) is 5.71. The van der Waals surface area contributed by atoms with Crippen LogP contribution in [0, 0.1) is 11.3 Å². The molecule has 0 radical (unpaired) electrons. The summed E-state index contributed by atoms with van der Waals surface area (Å²) in [7, 11) is -3.66. The monoisotopic (exact) mass is 356 g/mol. The Bertz CT molecular complexity index is 597. The van der Waals surface area contributed by atoms with Gasteiger partial charge in [-0.2, -0.15) is 9.98 Å². The van der Waals surface area contributed by atoms with Gasteiger partial charge in [0.05, 0.1) is 11.0 Å². The molecule has 1 aliphatic carbocycles. The molecule has 0 bridgehead atoms. The molecule has 1 aliphatic rings. The summed E-state index contributed by atoms with van der Waals surface area (Å²) in [6, 6.07) is 8.63. The molecule has 0 aromatic heterocycles. The maximum absolute atomic E-state index is 12.4. The normalized spacial score (nSPS) is 19.0. The van der Waals surface area contributed by atoms with Crippen LogP contribution in [-0.2, 0) is 10.0 Å². The van der Waals surface area contributed by atoms with Crippen LogP contribution in [-0.4, -0.2) is 14.0 Å². The summed E-state index contributed by atoms with van der Waals surface area (Å²) in [6.45, 7) is 0. The van der Waals surface area contributed by atoms with Gasteiger partial charge in [0.1, 0.15) is 5.54 Å². The van der Waals surface area contributed by atoms with Gasteiger partial charge in [-0.05, 0) is 37.1 Å². The summed E-state index contributed by atoms with van der Waals surface area (Å²) in [6.07, 6.45) is 5.05. The highest BCUT2D eigenvalue weighted by Crippen LogP contribution is 2.28. The highest BCUT2D eigenvalue weighted by Gasteiger charge is 2.35. The zero-order chi connectivity index (χ0) is 14.6. The van der Waals surface area contributed by atoms with E-state index in [4.69, 9.17) is 0 Å². The highest BCUT2D eigenvalue weighted by atomic mass is 79.9. The van der Waals surface area contributed by atoms with Crippen LogP contribution in [0.25, 0.3) is 0 Å². The van der Waals surface area contributed by atoms with Gasteiger partial charge in [-0.3, -0.25) is 0 Å². The maximum Gasteiger partial charge on any atom is 0.241 e. The van der Waals surface area contributed by atoms with Crippen LogP contribution in [0.15, 0.2) is 33.6 Å². The molecule has 1 N–H and O–H groups in total. The first-order chi connectivity index (χ1) is 9.47. The minimum atomic E-state index is -3.66. The maximum atomic E-state index is 12.4. The molecule has 2 rings (SSSR count). The molecule has 4 nitrogen and oxygen atoms in total. The minimum absolute atomic E-state index is 0.194. The molecule has 108 valence electrons. The molecule has 0 spiro atoms. The molecular weight excluding hydrogens is 340 g/mol. The summed E-state index contributed by atoms with van der Waals surface area (Å²) in [4.78, 5) is 0.194. The molecule has 0 heterocycles. The number of nitrogens with zero attached hydrogens (tertiary/aromatic N) is 1. The van der Waals surface area contributed by atoms with Crippen molar-refractivity contribution in [1.29, 1.82) is 5.26 Å². The first-order valence-electron chi connectivity index (χ1n) is 6.68. The van der Waals surface area contributed by atoms with Crippen molar-refractivity contribution < 1.29 is 8.42 Å². The van der Waals surface area contributed by atoms with Crippen molar-refractivity contribution in [2.24, 2.45) is 0 Å². The van der Waals surface area contributed by atoms with Gasteiger partial charge in [0.25, 0.3) is 0 Å². The first-order valence-corrected chi connectivity index (χ1v) is 8.96. The van der Waals surface area contributed by atoms with Crippen LogP contribution in [0.1, 0.15) is 38.5 Å². The third kappa shape index (κ3) is 3.60. The molecule has 0 unspecified atom stereocenters. The summed E-state index contributed by atoms with van der Waals surface area (Å²) in [5.41, 5.74) is -0.956. The number of sulfonamides is 1. The molecular formula is C14H17BrN2O2S. The molecule has 1 aromatic carbocycles.